The largest absolute Gasteiger partial charge is 0.493 e. The molecule has 1 rings (SSSR count). The summed E-state index contributed by atoms with van der Waals surface area (Å²) in [6.07, 6.45) is 0.675. The Labute approximate surface area is 102 Å². The molecule has 86 valence electrons. The van der Waals surface area contributed by atoms with Crippen LogP contribution in [0.25, 0.3) is 10.4 Å². The average molecular weight is 286 g/mol. The van der Waals surface area contributed by atoms with Crippen LogP contribution in [-0.2, 0) is 0 Å². The summed E-state index contributed by atoms with van der Waals surface area (Å²) in [6, 6.07) is 5.58. The zero-order chi connectivity index (χ0) is 11.8. The van der Waals surface area contributed by atoms with Crippen LogP contribution in [0.4, 0.5) is 0 Å². The lowest BCUT2D eigenvalue weighted by molar-refractivity contribution is 0.289. The highest BCUT2D eigenvalue weighted by Gasteiger charge is 2.07. The molecule has 0 N–H and O–H groups in total. The van der Waals surface area contributed by atoms with Crippen LogP contribution < -0.4 is 9.47 Å². The first-order valence-corrected chi connectivity index (χ1v) is 5.55. The zero-order valence-electron chi connectivity index (χ0n) is 8.89. The summed E-state index contributed by atoms with van der Waals surface area (Å²) in [5.74, 6) is 1.35. The van der Waals surface area contributed by atoms with Gasteiger partial charge in [0.15, 0.2) is 11.5 Å². The molecule has 0 amide bonds. The molecule has 0 saturated carbocycles. The Bertz CT molecular complexity index is 392. The first kappa shape index (κ1) is 12.7. The lowest BCUT2D eigenvalue weighted by Crippen LogP contribution is -2.01. The van der Waals surface area contributed by atoms with E-state index in [1.165, 1.54) is 0 Å². The fourth-order valence-electron chi connectivity index (χ4n) is 1.14. The summed E-state index contributed by atoms with van der Waals surface area (Å²) < 4.78 is 11.6. The van der Waals surface area contributed by atoms with Gasteiger partial charge in [0.05, 0.1) is 18.2 Å². The molecule has 0 aliphatic heterocycles. The van der Waals surface area contributed by atoms with Gasteiger partial charge < -0.3 is 9.47 Å². The Morgan fingerprint density at radius 3 is 3.00 bits per heavy atom. The minimum atomic E-state index is 0.434. The fourth-order valence-corrected chi connectivity index (χ4v) is 1.61. The highest BCUT2D eigenvalue weighted by molar-refractivity contribution is 9.10. The third-order valence-electron chi connectivity index (χ3n) is 1.86. The van der Waals surface area contributed by atoms with E-state index in [0.717, 1.165) is 4.47 Å². The van der Waals surface area contributed by atoms with E-state index in [4.69, 9.17) is 15.0 Å². The number of benzene rings is 1. The van der Waals surface area contributed by atoms with Crippen LogP contribution in [0.1, 0.15) is 6.42 Å². The number of rotatable bonds is 6. The van der Waals surface area contributed by atoms with Crippen LogP contribution in [0.2, 0.25) is 0 Å². The van der Waals surface area contributed by atoms with Gasteiger partial charge in [-0.25, -0.2) is 0 Å². The van der Waals surface area contributed by atoms with Gasteiger partial charge in [0.1, 0.15) is 0 Å². The second-order valence-corrected chi connectivity index (χ2v) is 3.78. The molecule has 0 saturated heterocycles. The summed E-state index contributed by atoms with van der Waals surface area (Å²) >= 11 is 3.38. The fraction of sp³-hybridized carbons (Fsp3) is 0.400. The molecule has 1 aromatic rings. The maximum atomic E-state index is 8.10. The van der Waals surface area contributed by atoms with Crippen LogP contribution in [0.5, 0.6) is 11.5 Å². The topological polar surface area (TPSA) is 67.2 Å². The molecule has 5 nitrogen and oxygen atoms in total. The van der Waals surface area contributed by atoms with Gasteiger partial charge in [0.25, 0.3) is 0 Å². The summed E-state index contributed by atoms with van der Waals surface area (Å²) in [6.45, 7) is 0.918. The second-order valence-electron chi connectivity index (χ2n) is 2.93. The molecule has 0 aliphatic rings. The van der Waals surface area contributed by atoms with E-state index >= 15 is 0 Å². The van der Waals surface area contributed by atoms with Gasteiger partial charge in [-0.2, -0.15) is 0 Å². The Balaban J connectivity index is 2.55. The highest BCUT2D eigenvalue weighted by atomic mass is 79.9. The van der Waals surface area contributed by atoms with Gasteiger partial charge in [-0.3, -0.25) is 0 Å². The van der Waals surface area contributed by atoms with Gasteiger partial charge in [0, 0.05) is 11.5 Å². The molecule has 6 heteroatoms. The number of para-hydroxylation sites is 1. The first-order valence-electron chi connectivity index (χ1n) is 4.75. The Hall–Kier alpha value is -1.39. The zero-order valence-corrected chi connectivity index (χ0v) is 10.5. The molecule has 0 aromatic heterocycles. The van der Waals surface area contributed by atoms with Crippen molar-refractivity contribution in [3.05, 3.63) is 33.1 Å². The van der Waals surface area contributed by atoms with Crippen LogP contribution in [0, 0.1) is 0 Å². The van der Waals surface area contributed by atoms with E-state index in [0.29, 0.717) is 31.1 Å². The average Bonchev–Trinajstić information content (AvgIpc) is 2.30. The smallest absolute Gasteiger partial charge is 0.175 e. The van der Waals surface area contributed by atoms with Gasteiger partial charge in [-0.15, -0.1) is 0 Å². The van der Waals surface area contributed by atoms with Crippen molar-refractivity contribution in [2.24, 2.45) is 5.11 Å². The molecule has 16 heavy (non-hydrogen) atoms. The molecular weight excluding hydrogens is 274 g/mol. The Morgan fingerprint density at radius 1 is 1.50 bits per heavy atom. The molecule has 0 atom stereocenters. The number of nitrogens with zero attached hydrogens (tertiary/aromatic N) is 3. The molecule has 0 heterocycles. The molecule has 0 aliphatic carbocycles. The van der Waals surface area contributed by atoms with E-state index in [-0.39, 0.29) is 0 Å². The first-order chi connectivity index (χ1) is 7.79. The molecule has 0 unspecified atom stereocenters. The molecule has 0 fully saturated rings. The van der Waals surface area contributed by atoms with E-state index in [2.05, 4.69) is 26.0 Å². The summed E-state index contributed by atoms with van der Waals surface area (Å²) in [7, 11) is 1.59. The van der Waals surface area contributed by atoms with Gasteiger partial charge >= 0.3 is 0 Å². The monoisotopic (exact) mass is 285 g/mol. The van der Waals surface area contributed by atoms with E-state index < -0.39 is 0 Å². The van der Waals surface area contributed by atoms with Crippen LogP contribution in [0.15, 0.2) is 27.8 Å². The van der Waals surface area contributed by atoms with Crippen LogP contribution >= 0.6 is 15.9 Å². The van der Waals surface area contributed by atoms with Gasteiger partial charge in [-0.05, 0) is 40.0 Å². The van der Waals surface area contributed by atoms with Crippen LogP contribution in [-0.4, -0.2) is 20.3 Å². The van der Waals surface area contributed by atoms with Crippen molar-refractivity contribution in [3.63, 3.8) is 0 Å². The Kier molecular flexibility index (Phi) is 5.53. The van der Waals surface area contributed by atoms with E-state index in [9.17, 15) is 0 Å². The molecular formula is C10H12BrN3O2. The third kappa shape index (κ3) is 3.64. The van der Waals surface area contributed by atoms with Crippen molar-refractivity contribution in [1.82, 2.24) is 0 Å². The quantitative estimate of drug-likeness (QED) is 0.347. The van der Waals surface area contributed by atoms with E-state index in [1.54, 1.807) is 7.11 Å². The van der Waals surface area contributed by atoms with Crippen molar-refractivity contribution < 1.29 is 9.47 Å². The molecule has 0 bridgehead atoms. The lowest BCUT2D eigenvalue weighted by Gasteiger charge is -2.11. The van der Waals surface area contributed by atoms with Crippen molar-refractivity contribution in [3.8, 4) is 11.5 Å². The number of azide groups is 1. The molecule has 1 aromatic carbocycles. The molecule has 0 radical (unpaired) electrons. The number of hydrogen-bond acceptors (Lipinski definition) is 3. The highest BCUT2D eigenvalue weighted by Crippen LogP contribution is 2.34. The predicted octanol–water partition coefficient (Wildman–Crippen LogP) is 3.54. The maximum absolute atomic E-state index is 8.10. The number of methoxy groups -OCH3 is 1. The van der Waals surface area contributed by atoms with E-state index in [1.807, 2.05) is 18.2 Å². The van der Waals surface area contributed by atoms with Crippen molar-refractivity contribution in [1.29, 1.82) is 0 Å². The second kappa shape index (κ2) is 6.98. The minimum absolute atomic E-state index is 0.434. The molecule has 0 spiro atoms. The van der Waals surface area contributed by atoms with Crippen LogP contribution in [0.3, 0.4) is 0 Å². The lowest BCUT2D eigenvalue weighted by atomic mass is 10.3. The summed E-state index contributed by atoms with van der Waals surface area (Å²) in [5, 5.41) is 3.43. The van der Waals surface area contributed by atoms with Crippen molar-refractivity contribution in [2.75, 3.05) is 20.3 Å². The van der Waals surface area contributed by atoms with Gasteiger partial charge in [-0.1, -0.05) is 11.2 Å². The van der Waals surface area contributed by atoms with Crippen molar-refractivity contribution in [2.45, 2.75) is 6.42 Å². The van der Waals surface area contributed by atoms with Crippen molar-refractivity contribution >= 4 is 15.9 Å². The summed E-state index contributed by atoms with van der Waals surface area (Å²) in [5.41, 5.74) is 8.10. The van der Waals surface area contributed by atoms with Gasteiger partial charge in [0.2, 0.25) is 0 Å². The standard InChI is InChI=1S/C10H12BrN3O2/c1-15-9-5-2-4-8(11)10(9)16-7-3-6-13-14-12/h2,4-5H,3,6-7H2,1H3. The number of ether oxygens (including phenoxy) is 2. The number of halogens is 1. The Morgan fingerprint density at radius 2 is 2.31 bits per heavy atom. The number of hydrogen-bond donors (Lipinski definition) is 0. The SMILES string of the molecule is COc1cccc(Br)c1OCCCN=[N+]=[N-]. The normalized spacial score (nSPS) is 9.38. The predicted molar refractivity (Wildman–Crippen MR) is 64.8 cm³/mol. The summed E-state index contributed by atoms with van der Waals surface area (Å²) in [4.78, 5) is 2.67. The minimum Gasteiger partial charge on any atom is -0.493 e. The third-order valence-corrected chi connectivity index (χ3v) is 2.49. The maximum Gasteiger partial charge on any atom is 0.175 e.